The van der Waals surface area contributed by atoms with Crippen LogP contribution in [0.2, 0.25) is 0 Å². The molecule has 1 fully saturated rings. The monoisotopic (exact) mass is 248 g/mol. The molecule has 1 unspecified atom stereocenters. The average molecular weight is 249 g/mol. The molecule has 4 heteroatoms. The summed E-state index contributed by atoms with van der Waals surface area (Å²) in [4.78, 5) is 11.8. The number of hydrogen-bond acceptors (Lipinski definition) is 2. The van der Waals surface area contributed by atoms with Crippen LogP contribution in [0.4, 0.5) is 0 Å². The van der Waals surface area contributed by atoms with Gasteiger partial charge >= 0.3 is 0 Å². The summed E-state index contributed by atoms with van der Waals surface area (Å²) in [5.41, 5.74) is 0.992. The number of nitrogens with zero attached hydrogens (tertiary/aromatic N) is 1. The molecule has 1 N–H and O–H groups in total. The Bertz CT molecular complexity index is 463. The fraction of sp³-hybridized carbons (Fsp3) is 0.385. The van der Waals surface area contributed by atoms with Gasteiger partial charge in [-0.3, -0.25) is 4.79 Å². The molecule has 3 nitrogen and oxygen atoms in total. The lowest BCUT2D eigenvalue weighted by molar-refractivity contribution is 0.0953. The van der Waals surface area contributed by atoms with Gasteiger partial charge in [-0.05, 0) is 37.0 Å². The van der Waals surface area contributed by atoms with Gasteiger partial charge < -0.3 is 5.32 Å². The Labute approximate surface area is 105 Å². The molecule has 0 spiro atoms. The van der Waals surface area contributed by atoms with E-state index in [9.17, 15) is 4.79 Å². The molecule has 0 aliphatic heterocycles. The van der Waals surface area contributed by atoms with E-state index >= 15 is 0 Å². The molecule has 1 aliphatic rings. The van der Waals surface area contributed by atoms with Gasteiger partial charge in [-0.25, -0.2) is 0 Å². The van der Waals surface area contributed by atoms with Crippen LogP contribution in [-0.2, 0) is 0 Å². The smallest absolute Gasteiger partial charge is 0.251 e. The normalized spacial score (nSPS) is 16.0. The number of halogens is 1. The minimum atomic E-state index is -0.173. The first-order valence-electron chi connectivity index (χ1n) is 5.63. The highest BCUT2D eigenvalue weighted by molar-refractivity contribution is 6.21. The van der Waals surface area contributed by atoms with Gasteiger partial charge in [-0.1, -0.05) is 6.07 Å². The van der Waals surface area contributed by atoms with E-state index in [0.29, 0.717) is 23.6 Å². The molecule has 0 saturated heterocycles. The average Bonchev–Trinajstić information content (AvgIpc) is 3.19. The number of carbonyl (C=O) groups is 1. The lowest BCUT2D eigenvalue weighted by Crippen LogP contribution is -2.30. The molecule has 1 saturated carbocycles. The van der Waals surface area contributed by atoms with Crippen molar-refractivity contribution in [1.29, 1.82) is 5.26 Å². The van der Waals surface area contributed by atoms with Gasteiger partial charge in [0.05, 0.1) is 17.0 Å². The van der Waals surface area contributed by atoms with Crippen LogP contribution in [0.25, 0.3) is 0 Å². The molecule has 1 aromatic carbocycles. The summed E-state index contributed by atoms with van der Waals surface area (Å²) in [6, 6.07) is 8.65. The predicted octanol–water partition coefficient (Wildman–Crippen LogP) is 2.31. The highest BCUT2D eigenvalue weighted by Gasteiger charge is 2.29. The van der Waals surface area contributed by atoms with Crippen LogP contribution in [0, 0.1) is 17.2 Å². The summed E-state index contributed by atoms with van der Waals surface area (Å²) in [5.74, 6) is 0.385. The first-order valence-corrected chi connectivity index (χ1v) is 6.07. The number of benzene rings is 1. The second-order valence-corrected chi connectivity index (χ2v) is 4.82. The first-order chi connectivity index (χ1) is 8.20. The summed E-state index contributed by atoms with van der Waals surface area (Å²) in [6.07, 6.45) is 2.32. The SMILES string of the molecule is N#Cc1cccc(C(=O)NCC(Cl)C2CC2)c1. The van der Waals surface area contributed by atoms with Crippen LogP contribution < -0.4 is 5.32 Å². The van der Waals surface area contributed by atoms with E-state index in [1.807, 2.05) is 6.07 Å². The molecule has 0 bridgehead atoms. The zero-order valence-electron chi connectivity index (χ0n) is 9.32. The Balaban J connectivity index is 1.92. The Morgan fingerprint density at radius 2 is 2.35 bits per heavy atom. The fourth-order valence-electron chi connectivity index (χ4n) is 1.65. The molecular formula is C13H13ClN2O. The summed E-state index contributed by atoms with van der Waals surface area (Å²) in [7, 11) is 0. The Hall–Kier alpha value is -1.53. The highest BCUT2D eigenvalue weighted by atomic mass is 35.5. The molecule has 1 aromatic rings. The van der Waals surface area contributed by atoms with Crippen molar-refractivity contribution in [2.45, 2.75) is 18.2 Å². The quantitative estimate of drug-likeness (QED) is 0.832. The minimum Gasteiger partial charge on any atom is -0.351 e. The van der Waals surface area contributed by atoms with E-state index in [0.717, 1.165) is 12.8 Å². The largest absolute Gasteiger partial charge is 0.351 e. The highest BCUT2D eigenvalue weighted by Crippen LogP contribution is 2.35. The zero-order valence-corrected chi connectivity index (χ0v) is 10.1. The standard InChI is InChI=1S/C13H13ClN2O/c14-12(10-4-5-10)8-16-13(17)11-3-1-2-9(6-11)7-15/h1-3,6,10,12H,4-5,8H2,(H,16,17). The number of nitrogens with one attached hydrogen (secondary N) is 1. The number of carbonyl (C=O) groups excluding carboxylic acids is 1. The van der Waals surface area contributed by atoms with Gasteiger partial charge in [0.2, 0.25) is 0 Å². The number of amides is 1. The van der Waals surface area contributed by atoms with E-state index in [-0.39, 0.29) is 11.3 Å². The number of alkyl halides is 1. The third kappa shape index (κ3) is 3.21. The van der Waals surface area contributed by atoms with E-state index in [2.05, 4.69) is 5.32 Å². The predicted molar refractivity (Wildman–Crippen MR) is 65.9 cm³/mol. The van der Waals surface area contributed by atoms with E-state index < -0.39 is 0 Å². The van der Waals surface area contributed by atoms with Crippen LogP contribution in [0.15, 0.2) is 24.3 Å². The van der Waals surface area contributed by atoms with Crippen LogP contribution in [0.5, 0.6) is 0 Å². The molecule has 1 amide bonds. The summed E-state index contributed by atoms with van der Waals surface area (Å²) in [6.45, 7) is 0.488. The van der Waals surface area contributed by atoms with Crippen molar-refractivity contribution in [3.05, 3.63) is 35.4 Å². The van der Waals surface area contributed by atoms with Crippen LogP contribution >= 0.6 is 11.6 Å². The summed E-state index contributed by atoms with van der Waals surface area (Å²) in [5, 5.41) is 11.6. The van der Waals surface area contributed by atoms with Crippen LogP contribution in [0.3, 0.4) is 0 Å². The third-order valence-electron chi connectivity index (χ3n) is 2.84. The van der Waals surface area contributed by atoms with Gasteiger partial charge in [0, 0.05) is 12.1 Å². The molecule has 0 aromatic heterocycles. The summed E-state index contributed by atoms with van der Waals surface area (Å²) < 4.78 is 0. The number of hydrogen-bond donors (Lipinski definition) is 1. The van der Waals surface area contributed by atoms with Crippen molar-refractivity contribution >= 4 is 17.5 Å². The Kier molecular flexibility index (Phi) is 3.65. The molecule has 1 atom stereocenters. The lowest BCUT2D eigenvalue weighted by atomic mass is 10.1. The van der Waals surface area contributed by atoms with Crippen molar-refractivity contribution in [1.82, 2.24) is 5.32 Å². The van der Waals surface area contributed by atoms with Crippen molar-refractivity contribution in [3.8, 4) is 6.07 Å². The number of nitriles is 1. The van der Waals surface area contributed by atoms with Crippen molar-refractivity contribution in [2.24, 2.45) is 5.92 Å². The fourth-order valence-corrected chi connectivity index (χ4v) is 1.98. The van der Waals surface area contributed by atoms with E-state index in [1.165, 1.54) is 0 Å². The maximum atomic E-state index is 11.8. The number of rotatable bonds is 4. The van der Waals surface area contributed by atoms with Gasteiger partial charge in [0.15, 0.2) is 0 Å². The Morgan fingerprint density at radius 3 is 3.00 bits per heavy atom. The summed E-state index contributed by atoms with van der Waals surface area (Å²) >= 11 is 6.10. The van der Waals surface area contributed by atoms with Gasteiger partial charge in [-0.2, -0.15) is 5.26 Å². The van der Waals surface area contributed by atoms with Gasteiger partial charge in [0.25, 0.3) is 5.91 Å². The lowest BCUT2D eigenvalue weighted by Gasteiger charge is -2.09. The van der Waals surface area contributed by atoms with Crippen LogP contribution in [-0.4, -0.2) is 17.8 Å². The molecule has 2 rings (SSSR count). The Morgan fingerprint density at radius 1 is 1.59 bits per heavy atom. The first kappa shape index (κ1) is 11.9. The van der Waals surface area contributed by atoms with E-state index in [1.54, 1.807) is 24.3 Å². The third-order valence-corrected chi connectivity index (χ3v) is 3.36. The minimum absolute atomic E-state index is 0.0260. The second kappa shape index (κ2) is 5.20. The van der Waals surface area contributed by atoms with Gasteiger partial charge in [-0.15, -0.1) is 11.6 Å². The van der Waals surface area contributed by atoms with Crippen molar-refractivity contribution in [2.75, 3.05) is 6.54 Å². The van der Waals surface area contributed by atoms with Gasteiger partial charge in [0.1, 0.15) is 0 Å². The van der Waals surface area contributed by atoms with Crippen LogP contribution in [0.1, 0.15) is 28.8 Å². The zero-order chi connectivity index (χ0) is 12.3. The molecule has 17 heavy (non-hydrogen) atoms. The molecule has 0 heterocycles. The molecular weight excluding hydrogens is 236 g/mol. The maximum absolute atomic E-state index is 11.8. The molecule has 0 radical (unpaired) electrons. The molecule has 88 valence electrons. The van der Waals surface area contributed by atoms with Crippen molar-refractivity contribution in [3.63, 3.8) is 0 Å². The maximum Gasteiger partial charge on any atom is 0.251 e. The van der Waals surface area contributed by atoms with Crippen molar-refractivity contribution < 1.29 is 4.79 Å². The van der Waals surface area contributed by atoms with E-state index in [4.69, 9.17) is 16.9 Å². The second-order valence-electron chi connectivity index (χ2n) is 4.26. The topological polar surface area (TPSA) is 52.9 Å². The molecule has 1 aliphatic carbocycles.